The van der Waals surface area contributed by atoms with E-state index >= 15 is 0 Å². The topological polar surface area (TPSA) is 68.3 Å². The molecule has 6 heteroatoms. The standard InChI is InChI=1S/C21H22N2O3S/c1-15-6-4-9-20(22-15)23-21(16-10-12-18(26-2)13-11-16)17-7-5-8-19(14-17)27(3,24)25/h4-14,21H,1-3H3,(H,22,23). The normalized spacial score (nSPS) is 12.4. The van der Waals surface area contributed by atoms with Gasteiger partial charge in [-0.3, -0.25) is 0 Å². The Balaban J connectivity index is 2.06. The van der Waals surface area contributed by atoms with Crippen molar-refractivity contribution < 1.29 is 13.2 Å². The van der Waals surface area contributed by atoms with E-state index in [1.54, 1.807) is 25.3 Å². The molecule has 0 aliphatic rings. The Morgan fingerprint density at radius 1 is 0.963 bits per heavy atom. The Labute approximate surface area is 160 Å². The van der Waals surface area contributed by atoms with Crippen LogP contribution in [0.1, 0.15) is 22.9 Å². The second-order valence-electron chi connectivity index (χ2n) is 6.36. The molecule has 5 nitrogen and oxygen atoms in total. The second kappa shape index (κ2) is 7.80. The predicted octanol–water partition coefficient (Wildman–Crippen LogP) is 4.00. The fourth-order valence-corrected chi connectivity index (χ4v) is 3.53. The number of pyridine rings is 1. The van der Waals surface area contributed by atoms with Crippen molar-refractivity contribution in [1.29, 1.82) is 0 Å². The third-order valence-corrected chi connectivity index (χ3v) is 5.36. The minimum atomic E-state index is -3.29. The van der Waals surface area contributed by atoms with Crippen LogP contribution in [0.5, 0.6) is 5.75 Å². The molecule has 1 atom stereocenters. The number of nitrogens with one attached hydrogen (secondary N) is 1. The minimum absolute atomic E-state index is 0.257. The Morgan fingerprint density at radius 3 is 2.30 bits per heavy atom. The number of hydrogen-bond donors (Lipinski definition) is 1. The molecule has 140 valence electrons. The zero-order valence-electron chi connectivity index (χ0n) is 15.5. The van der Waals surface area contributed by atoms with Gasteiger partial charge in [0.05, 0.1) is 18.0 Å². The molecule has 2 aromatic carbocycles. The molecule has 1 aromatic heterocycles. The van der Waals surface area contributed by atoms with E-state index in [0.29, 0.717) is 0 Å². The molecule has 0 fully saturated rings. The van der Waals surface area contributed by atoms with Crippen LogP contribution in [0.4, 0.5) is 5.82 Å². The third kappa shape index (κ3) is 4.65. The number of ether oxygens (including phenoxy) is 1. The van der Waals surface area contributed by atoms with E-state index in [-0.39, 0.29) is 10.9 Å². The molecular formula is C21H22N2O3S. The first-order valence-electron chi connectivity index (χ1n) is 8.51. The van der Waals surface area contributed by atoms with E-state index in [4.69, 9.17) is 4.74 Å². The number of nitrogens with zero attached hydrogens (tertiary/aromatic N) is 1. The van der Waals surface area contributed by atoms with Crippen molar-refractivity contribution >= 4 is 15.7 Å². The van der Waals surface area contributed by atoms with Gasteiger partial charge >= 0.3 is 0 Å². The van der Waals surface area contributed by atoms with E-state index in [1.807, 2.05) is 55.5 Å². The van der Waals surface area contributed by atoms with Crippen molar-refractivity contribution in [1.82, 2.24) is 4.98 Å². The highest BCUT2D eigenvalue weighted by Crippen LogP contribution is 2.29. The van der Waals surface area contributed by atoms with Crippen LogP contribution >= 0.6 is 0 Å². The number of aryl methyl sites for hydroxylation is 1. The summed E-state index contributed by atoms with van der Waals surface area (Å²) in [5.41, 5.74) is 2.72. The van der Waals surface area contributed by atoms with Crippen LogP contribution in [0.15, 0.2) is 71.6 Å². The first kappa shape index (κ1) is 18.9. The van der Waals surface area contributed by atoms with E-state index in [0.717, 1.165) is 28.4 Å². The fraction of sp³-hybridized carbons (Fsp3) is 0.190. The third-order valence-electron chi connectivity index (χ3n) is 4.25. The molecule has 3 aromatic rings. The van der Waals surface area contributed by atoms with Crippen LogP contribution < -0.4 is 10.1 Å². The smallest absolute Gasteiger partial charge is 0.175 e. The van der Waals surface area contributed by atoms with Gasteiger partial charge < -0.3 is 10.1 Å². The molecule has 0 saturated heterocycles. The van der Waals surface area contributed by atoms with Crippen molar-refractivity contribution in [3.8, 4) is 5.75 Å². The van der Waals surface area contributed by atoms with E-state index in [2.05, 4.69) is 10.3 Å². The number of anilines is 1. The van der Waals surface area contributed by atoms with Crippen LogP contribution in [0.25, 0.3) is 0 Å². The van der Waals surface area contributed by atoms with Crippen molar-refractivity contribution in [3.05, 3.63) is 83.6 Å². The van der Waals surface area contributed by atoms with Gasteiger partial charge in [-0.05, 0) is 54.4 Å². The summed E-state index contributed by atoms with van der Waals surface area (Å²) in [6.07, 6.45) is 1.21. The monoisotopic (exact) mass is 382 g/mol. The Kier molecular flexibility index (Phi) is 5.46. The van der Waals surface area contributed by atoms with E-state index < -0.39 is 9.84 Å². The van der Waals surface area contributed by atoms with Gasteiger partial charge in [-0.1, -0.05) is 30.3 Å². The highest BCUT2D eigenvalue weighted by Gasteiger charge is 2.17. The zero-order valence-corrected chi connectivity index (χ0v) is 16.3. The van der Waals surface area contributed by atoms with Crippen LogP contribution in [0.3, 0.4) is 0 Å². The van der Waals surface area contributed by atoms with Crippen molar-refractivity contribution in [3.63, 3.8) is 0 Å². The highest BCUT2D eigenvalue weighted by atomic mass is 32.2. The first-order chi connectivity index (χ1) is 12.9. The highest BCUT2D eigenvalue weighted by molar-refractivity contribution is 7.90. The number of aromatic nitrogens is 1. The number of rotatable bonds is 6. The summed E-state index contributed by atoms with van der Waals surface area (Å²) < 4.78 is 29.2. The van der Waals surface area contributed by atoms with Crippen LogP contribution in [0.2, 0.25) is 0 Å². The number of benzene rings is 2. The maximum absolute atomic E-state index is 12.0. The van der Waals surface area contributed by atoms with Crippen LogP contribution in [0, 0.1) is 6.92 Å². The second-order valence-corrected chi connectivity index (χ2v) is 8.38. The summed E-state index contributed by atoms with van der Waals surface area (Å²) >= 11 is 0. The molecule has 0 aliphatic heterocycles. The van der Waals surface area contributed by atoms with E-state index in [9.17, 15) is 8.42 Å². The Morgan fingerprint density at radius 2 is 1.67 bits per heavy atom. The summed E-state index contributed by atoms with van der Waals surface area (Å²) in [5, 5.41) is 3.42. The molecule has 0 amide bonds. The molecule has 0 saturated carbocycles. The zero-order chi connectivity index (χ0) is 19.4. The minimum Gasteiger partial charge on any atom is -0.497 e. The summed E-state index contributed by atoms with van der Waals surface area (Å²) in [4.78, 5) is 4.80. The maximum Gasteiger partial charge on any atom is 0.175 e. The summed E-state index contributed by atoms with van der Waals surface area (Å²) in [6.45, 7) is 1.93. The number of sulfone groups is 1. The SMILES string of the molecule is COc1ccc(C(Nc2cccc(C)n2)c2cccc(S(C)(=O)=O)c2)cc1. The lowest BCUT2D eigenvalue weighted by molar-refractivity contribution is 0.414. The lowest BCUT2D eigenvalue weighted by Gasteiger charge is -2.21. The van der Waals surface area contributed by atoms with Gasteiger partial charge in [0.25, 0.3) is 0 Å². The van der Waals surface area contributed by atoms with Crippen LogP contribution in [-0.2, 0) is 9.84 Å². The number of hydrogen-bond acceptors (Lipinski definition) is 5. The van der Waals surface area contributed by atoms with Crippen LogP contribution in [-0.4, -0.2) is 26.8 Å². The quantitative estimate of drug-likeness (QED) is 0.698. The van der Waals surface area contributed by atoms with Crippen molar-refractivity contribution in [2.75, 3.05) is 18.7 Å². The van der Waals surface area contributed by atoms with Crippen molar-refractivity contribution in [2.45, 2.75) is 17.9 Å². The average Bonchev–Trinajstić information content (AvgIpc) is 2.66. The lowest BCUT2D eigenvalue weighted by Crippen LogP contribution is -2.14. The fourth-order valence-electron chi connectivity index (χ4n) is 2.85. The molecule has 1 heterocycles. The number of methoxy groups -OCH3 is 1. The predicted molar refractivity (Wildman–Crippen MR) is 107 cm³/mol. The van der Waals surface area contributed by atoms with Gasteiger partial charge in [0.2, 0.25) is 0 Å². The Hall–Kier alpha value is -2.86. The van der Waals surface area contributed by atoms with Gasteiger partial charge in [-0.15, -0.1) is 0 Å². The maximum atomic E-state index is 12.0. The molecule has 0 bridgehead atoms. The largest absolute Gasteiger partial charge is 0.497 e. The Bertz CT molecular complexity index is 1030. The van der Waals surface area contributed by atoms with Gasteiger partial charge in [0.15, 0.2) is 9.84 Å². The van der Waals surface area contributed by atoms with Gasteiger partial charge in [0.1, 0.15) is 11.6 Å². The van der Waals surface area contributed by atoms with E-state index in [1.165, 1.54) is 6.26 Å². The molecule has 0 spiro atoms. The molecule has 1 N–H and O–H groups in total. The van der Waals surface area contributed by atoms with Gasteiger partial charge in [-0.2, -0.15) is 0 Å². The average molecular weight is 382 g/mol. The molecule has 0 aliphatic carbocycles. The molecule has 0 radical (unpaired) electrons. The lowest BCUT2D eigenvalue weighted by atomic mass is 9.98. The molecule has 1 unspecified atom stereocenters. The molecular weight excluding hydrogens is 360 g/mol. The first-order valence-corrected chi connectivity index (χ1v) is 10.4. The van der Waals surface area contributed by atoms with Gasteiger partial charge in [0, 0.05) is 11.9 Å². The summed E-state index contributed by atoms with van der Waals surface area (Å²) in [5.74, 6) is 1.48. The molecule has 27 heavy (non-hydrogen) atoms. The van der Waals surface area contributed by atoms with Gasteiger partial charge in [-0.25, -0.2) is 13.4 Å². The summed E-state index contributed by atoms with van der Waals surface area (Å²) in [7, 11) is -1.67. The summed E-state index contributed by atoms with van der Waals surface area (Å²) in [6, 6.07) is 20.2. The van der Waals surface area contributed by atoms with Crippen molar-refractivity contribution in [2.24, 2.45) is 0 Å². The molecule has 3 rings (SSSR count).